The highest BCUT2D eigenvalue weighted by Gasteiger charge is 2.35. The predicted molar refractivity (Wildman–Crippen MR) is 80.1 cm³/mol. The van der Waals surface area contributed by atoms with E-state index in [1.165, 1.54) is 0 Å². The van der Waals surface area contributed by atoms with Crippen LogP contribution in [0.4, 0.5) is 0 Å². The van der Waals surface area contributed by atoms with Gasteiger partial charge in [0.05, 0.1) is 17.3 Å². The van der Waals surface area contributed by atoms with Gasteiger partial charge < -0.3 is 10.6 Å². The third-order valence-electron chi connectivity index (χ3n) is 3.99. The summed E-state index contributed by atoms with van der Waals surface area (Å²) in [5, 5.41) is 4.21. The van der Waals surface area contributed by atoms with Crippen LogP contribution < -0.4 is 5.73 Å². The van der Waals surface area contributed by atoms with Crippen LogP contribution in [0, 0.1) is 5.41 Å². The molecule has 0 radical (unpaired) electrons. The van der Waals surface area contributed by atoms with Gasteiger partial charge in [0, 0.05) is 19.3 Å². The number of nitrogens with zero attached hydrogens (tertiary/aromatic N) is 3. The molecular formula is C14H19ClN4O. The van der Waals surface area contributed by atoms with Gasteiger partial charge in [0.1, 0.15) is 0 Å². The number of nitrogens with two attached hydrogens (primary N) is 1. The van der Waals surface area contributed by atoms with Gasteiger partial charge in [0.25, 0.3) is 5.91 Å². The van der Waals surface area contributed by atoms with Crippen molar-refractivity contribution in [3.05, 3.63) is 36.2 Å². The van der Waals surface area contributed by atoms with E-state index < -0.39 is 0 Å². The number of hydrogen-bond donors (Lipinski definition) is 1. The van der Waals surface area contributed by atoms with Crippen molar-refractivity contribution in [2.75, 3.05) is 19.6 Å². The van der Waals surface area contributed by atoms with Crippen LogP contribution in [0.1, 0.15) is 23.7 Å². The van der Waals surface area contributed by atoms with E-state index in [0.717, 1.165) is 25.0 Å². The molecule has 6 heteroatoms. The highest BCUT2D eigenvalue weighted by atomic mass is 35.5. The van der Waals surface area contributed by atoms with Crippen LogP contribution in [0.3, 0.4) is 0 Å². The molecule has 1 amide bonds. The largest absolute Gasteiger partial charge is 0.338 e. The first kappa shape index (κ1) is 14.8. The first-order valence-corrected chi connectivity index (χ1v) is 6.55. The standard InChI is InChI=1S/C14H18N4O.ClH/c1-14(9-15)5-7-17(10-14)13(19)11-8-16-18-6-3-2-4-12(11)18;/h2-4,6,8H,5,7,9-10,15H2,1H3;1H. The van der Waals surface area contributed by atoms with Crippen LogP contribution in [0.15, 0.2) is 30.6 Å². The van der Waals surface area contributed by atoms with Crippen molar-refractivity contribution in [1.29, 1.82) is 0 Å². The van der Waals surface area contributed by atoms with Gasteiger partial charge in [-0.05, 0) is 30.5 Å². The van der Waals surface area contributed by atoms with Gasteiger partial charge in [-0.1, -0.05) is 13.0 Å². The Morgan fingerprint density at radius 2 is 2.30 bits per heavy atom. The molecule has 0 saturated carbocycles. The minimum atomic E-state index is 0. The quantitative estimate of drug-likeness (QED) is 0.914. The van der Waals surface area contributed by atoms with Crippen LogP contribution in [-0.4, -0.2) is 40.1 Å². The Labute approximate surface area is 124 Å². The molecular weight excluding hydrogens is 276 g/mol. The molecule has 1 atom stereocenters. The Bertz CT molecular complexity index is 626. The minimum absolute atomic E-state index is 0. The number of fused-ring (bicyclic) bond motifs is 1. The van der Waals surface area contributed by atoms with Crippen molar-refractivity contribution in [3.63, 3.8) is 0 Å². The third-order valence-corrected chi connectivity index (χ3v) is 3.99. The van der Waals surface area contributed by atoms with E-state index in [2.05, 4.69) is 12.0 Å². The zero-order valence-electron chi connectivity index (χ0n) is 11.5. The fourth-order valence-electron chi connectivity index (χ4n) is 2.63. The second kappa shape index (κ2) is 5.42. The molecule has 1 aliphatic heterocycles. The average Bonchev–Trinajstić information content (AvgIpc) is 3.03. The van der Waals surface area contributed by atoms with Crippen LogP contribution in [-0.2, 0) is 0 Å². The lowest BCUT2D eigenvalue weighted by molar-refractivity contribution is 0.0779. The molecule has 108 valence electrons. The molecule has 0 spiro atoms. The monoisotopic (exact) mass is 294 g/mol. The summed E-state index contributed by atoms with van der Waals surface area (Å²) in [6.07, 6.45) is 4.46. The molecule has 5 nitrogen and oxygen atoms in total. The van der Waals surface area contributed by atoms with Crippen molar-refractivity contribution < 1.29 is 4.79 Å². The summed E-state index contributed by atoms with van der Waals surface area (Å²) in [7, 11) is 0. The van der Waals surface area contributed by atoms with Gasteiger partial charge in [-0.2, -0.15) is 5.10 Å². The van der Waals surface area contributed by atoms with E-state index in [4.69, 9.17) is 5.73 Å². The summed E-state index contributed by atoms with van der Waals surface area (Å²) >= 11 is 0. The summed E-state index contributed by atoms with van der Waals surface area (Å²) < 4.78 is 1.73. The molecule has 0 bridgehead atoms. The van der Waals surface area contributed by atoms with Crippen LogP contribution in [0.5, 0.6) is 0 Å². The highest BCUT2D eigenvalue weighted by Crippen LogP contribution is 2.29. The van der Waals surface area contributed by atoms with E-state index in [1.54, 1.807) is 10.7 Å². The first-order chi connectivity index (χ1) is 9.13. The maximum Gasteiger partial charge on any atom is 0.257 e. The van der Waals surface area contributed by atoms with Gasteiger partial charge >= 0.3 is 0 Å². The van der Waals surface area contributed by atoms with Gasteiger partial charge in [-0.15, -0.1) is 12.4 Å². The lowest BCUT2D eigenvalue weighted by Gasteiger charge is -2.22. The number of pyridine rings is 1. The van der Waals surface area contributed by atoms with E-state index in [-0.39, 0.29) is 23.7 Å². The van der Waals surface area contributed by atoms with Crippen molar-refractivity contribution in [2.24, 2.45) is 11.1 Å². The van der Waals surface area contributed by atoms with Gasteiger partial charge in [-0.25, -0.2) is 4.52 Å². The van der Waals surface area contributed by atoms with Crippen molar-refractivity contribution in [2.45, 2.75) is 13.3 Å². The van der Waals surface area contributed by atoms with E-state index >= 15 is 0 Å². The Morgan fingerprint density at radius 1 is 1.50 bits per heavy atom. The fourth-order valence-corrected chi connectivity index (χ4v) is 2.63. The molecule has 0 aliphatic carbocycles. The second-order valence-corrected chi connectivity index (χ2v) is 5.58. The molecule has 1 fully saturated rings. The van der Waals surface area contributed by atoms with Gasteiger partial charge in [-0.3, -0.25) is 4.79 Å². The number of rotatable bonds is 2. The minimum Gasteiger partial charge on any atom is -0.338 e. The summed E-state index contributed by atoms with van der Waals surface area (Å²) in [5.41, 5.74) is 7.36. The average molecular weight is 295 g/mol. The van der Waals surface area contributed by atoms with Crippen molar-refractivity contribution in [1.82, 2.24) is 14.5 Å². The summed E-state index contributed by atoms with van der Waals surface area (Å²) in [4.78, 5) is 14.4. The number of hydrogen-bond acceptors (Lipinski definition) is 3. The molecule has 1 saturated heterocycles. The Balaban J connectivity index is 0.00000147. The van der Waals surface area contributed by atoms with Gasteiger partial charge in [0.15, 0.2) is 0 Å². The highest BCUT2D eigenvalue weighted by molar-refractivity contribution is 6.00. The normalized spacial score (nSPS) is 22.0. The Hall–Kier alpha value is -1.59. The molecule has 2 aromatic heterocycles. The number of halogens is 1. The first-order valence-electron chi connectivity index (χ1n) is 6.55. The number of amides is 1. The zero-order valence-corrected chi connectivity index (χ0v) is 12.3. The molecule has 1 unspecified atom stereocenters. The smallest absolute Gasteiger partial charge is 0.257 e. The topological polar surface area (TPSA) is 63.6 Å². The maximum absolute atomic E-state index is 12.6. The van der Waals surface area contributed by atoms with E-state index in [9.17, 15) is 4.79 Å². The predicted octanol–water partition coefficient (Wildman–Crippen LogP) is 1.57. The molecule has 2 aromatic rings. The number of carbonyl (C=O) groups is 1. The molecule has 20 heavy (non-hydrogen) atoms. The SMILES string of the molecule is CC1(CN)CCN(C(=O)c2cnn3ccccc23)C1.Cl. The summed E-state index contributed by atoms with van der Waals surface area (Å²) in [6.45, 7) is 4.26. The van der Waals surface area contributed by atoms with Gasteiger partial charge in [0.2, 0.25) is 0 Å². The number of aromatic nitrogens is 2. The number of carbonyl (C=O) groups excluding carboxylic acids is 1. The van der Waals surface area contributed by atoms with Crippen molar-refractivity contribution >= 4 is 23.8 Å². The lowest BCUT2D eigenvalue weighted by Crippen LogP contribution is -2.34. The van der Waals surface area contributed by atoms with Crippen LogP contribution in [0.2, 0.25) is 0 Å². The Morgan fingerprint density at radius 3 is 3.00 bits per heavy atom. The van der Waals surface area contributed by atoms with Crippen LogP contribution >= 0.6 is 12.4 Å². The molecule has 1 aliphatic rings. The third kappa shape index (κ3) is 2.39. The maximum atomic E-state index is 12.6. The molecule has 3 heterocycles. The zero-order chi connectivity index (χ0) is 13.5. The fraction of sp³-hybridized carbons (Fsp3) is 0.429. The Kier molecular flexibility index (Phi) is 4.01. The van der Waals surface area contributed by atoms with Crippen molar-refractivity contribution in [3.8, 4) is 0 Å². The second-order valence-electron chi connectivity index (χ2n) is 5.58. The molecule has 3 rings (SSSR count). The number of likely N-dealkylation sites (tertiary alicyclic amines) is 1. The van der Waals surface area contributed by atoms with E-state index in [1.807, 2.05) is 29.3 Å². The van der Waals surface area contributed by atoms with Crippen LogP contribution in [0.25, 0.3) is 5.52 Å². The van der Waals surface area contributed by atoms with E-state index in [0.29, 0.717) is 12.1 Å². The molecule has 2 N–H and O–H groups in total. The summed E-state index contributed by atoms with van der Waals surface area (Å²) in [5.74, 6) is 0.0541. The molecule has 0 aromatic carbocycles. The summed E-state index contributed by atoms with van der Waals surface area (Å²) in [6, 6.07) is 5.73. The lowest BCUT2D eigenvalue weighted by atomic mass is 9.90.